The lowest BCUT2D eigenvalue weighted by molar-refractivity contribution is -0.161. The largest absolute Gasteiger partial charge is 0.472 e. The number of furan rings is 1. The molecule has 0 fully saturated rings. The van der Waals surface area contributed by atoms with Crippen molar-refractivity contribution in [2.75, 3.05) is 26.4 Å². The second kappa shape index (κ2) is 37.5. The Hall–Kier alpha value is -3.05. The quantitative estimate of drug-likeness (QED) is 0.0189. The topological polar surface area (TPSA) is 168 Å². The predicted molar refractivity (Wildman–Crippen MR) is 247 cm³/mol. The molecular weight excluding hydrogens is 794 g/mol. The van der Waals surface area contributed by atoms with Crippen LogP contribution in [0, 0.1) is 13.8 Å². The first-order valence-electron chi connectivity index (χ1n) is 23.2. The maximum atomic E-state index is 12.6. The molecule has 3 atom stereocenters. The highest BCUT2D eigenvalue weighted by Gasteiger charge is 2.26. The molecule has 0 aliphatic heterocycles. The molecule has 1 heterocycles. The summed E-state index contributed by atoms with van der Waals surface area (Å²) in [6, 6.07) is 0. The SMILES string of the molecule is CC/C=C\C(O)C/C=C/C=C\C/C=C\C/C=C\CCCC(=O)O[C@H](COC(=O)CCCCCCCCCCCCc1oc(CCCCC)c(C)c1C)COP(=O)(O)OCCN. The molecule has 0 saturated heterocycles. The molecule has 0 aliphatic rings. The summed E-state index contributed by atoms with van der Waals surface area (Å²) in [6.07, 6.45) is 39.9. The van der Waals surface area contributed by atoms with E-state index in [-0.39, 0.29) is 32.6 Å². The molecular formula is C49H82NO10P. The van der Waals surface area contributed by atoms with Crippen LogP contribution < -0.4 is 5.73 Å². The third-order valence-corrected chi connectivity index (χ3v) is 11.2. The number of nitrogens with two attached hydrogens (primary N) is 1. The van der Waals surface area contributed by atoms with E-state index in [4.69, 9.17) is 28.7 Å². The van der Waals surface area contributed by atoms with Gasteiger partial charge < -0.3 is 29.6 Å². The molecule has 4 N–H and O–H groups in total. The number of ether oxygens (including phenoxy) is 2. The molecule has 0 radical (unpaired) electrons. The van der Waals surface area contributed by atoms with E-state index in [0.717, 1.165) is 51.4 Å². The van der Waals surface area contributed by atoms with Crippen molar-refractivity contribution < 1.29 is 47.1 Å². The van der Waals surface area contributed by atoms with Crippen molar-refractivity contribution in [2.24, 2.45) is 5.73 Å². The van der Waals surface area contributed by atoms with Gasteiger partial charge in [-0.2, -0.15) is 0 Å². The fraction of sp³-hybridized carbons (Fsp3) is 0.673. The molecule has 11 nitrogen and oxygen atoms in total. The number of phosphoric acid groups is 1. The fourth-order valence-corrected chi connectivity index (χ4v) is 7.22. The van der Waals surface area contributed by atoms with Crippen molar-refractivity contribution >= 4 is 19.8 Å². The molecule has 61 heavy (non-hydrogen) atoms. The van der Waals surface area contributed by atoms with E-state index in [1.54, 1.807) is 0 Å². The standard InChI is InChI=1S/C49H82NO10P/c1-5-7-27-34-46-42(3)43(4)47(60-46)35-29-24-20-16-13-14-17-21-25-30-36-48(52)56-40-45(41-58-61(54,55)57-39-38-50)59-49(53)37-31-26-22-18-12-10-9-11-15-19-23-28-33-44(51)32-8-6-2/h8-10,15,18-19,22-23,28,32,44-45,51H,5-7,11-14,16-17,20-21,24-27,29-31,33-41,50H2,1-4H3,(H,54,55)/b10-9-,19-15-,22-18-,28-23+,32-8-/t44?,45-/m1/s1. The Morgan fingerprint density at radius 1 is 0.705 bits per heavy atom. The average Bonchev–Trinajstić information content (AvgIpc) is 3.51. The number of phosphoric ester groups is 1. The lowest BCUT2D eigenvalue weighted by Gasteiger charge is -2.19. The van der Waals surface area contributed by atoms with Crippen molar-refractivity contribution in [1.29, 1.82) is 0 Å². The number of aliphatic hydroxyl groups is 1. The van der Waals surface area contributed by atoms with Crippen molar-refractivity contribution in [2.45, 2.75) is 188 Å². The molecule has 12 heteroatoms. The maximum Gasteiger partial charge on any atom is 0.472 e. The van der Waals surface area contributed by atoms with Gasteiger partial charge in [0, 0.05) is 32.2 Å². The first-order chi connectivity index (χ1) is 29.5. The number of hydrogen-bond acceptors (Lipinski definition) is 10. The molecule has 0 saturated carbocycles. The van der Waals surface area contributed by atoms with E-state index >= 15 is 0 Å². The molecule has 0 spiro atoms. The van der Waals surface area contributed by atoms with Crippen molar-refractivity contribution in [3.8, 4) is 0 Å². The molecule has 0 aliphatic carbocycles. The van der Waals surface area contributed by atoms with E-state index in [1.165, 1.54) is 80.4 Å². The van der Waals surface area contributed by atoms with E-state index < -0.39 is 38.6 Å². The van der Waals surface area contributed by atoms with Gasteiger partial charge in [-0.1, -0.05) is 139 Å². The Morgan fingerprint density at radius 3 is 1.92 bits per heavy atom. The summed E-state index contributed by atoms with van der Waals surface area (Å²) in [4.78, 5) is 35.0. The molecule has 1 aromatic heterocycles. The van der Waals surface area contributed by atoms with Crippen LogP contribution in [0.25, 0.3) is 0 Å². The minimum absolute atomic E-state index is 0.0297. The molecule has 348 valence electrons. The predicted octanol–water partition coefficient (Wildman–Crippen LogP) is 11.9. The molecule has 2 unspecified atom stereocenters. The van der Waals surface area contributed by atoms with Crippen LogP contribution in [0.3, 0.4) is 0 Å². The van der Waals surface area contributed by atoms with Gasteiger partial charge in [-0.05, 0) is 82.8 Å². The Kier molecular flexibility index (Phi) is 34.4. The van der Waals surface area contributed by atoms with Gasteiger partial charge in [-0.15, -0.1) is 0 Å². The number of unbranched alkanes of at least 4 members (excludes halogenated alkanes) is 12. The van der Waals surface area contributed by atoms with Crippen LogP contribution >= 0.6 is 7.82 Å². The van der Waals surface area contributed by atoms with E-state index in [0.29, 0.717) is 25.7 Å². The van der Waals surface area contributed by atoms with Gasteiger partial charge in [-0.25, -0.2) is 4.57 Å². The van der Waals surface area contributed by atoms with Crippen molar-refractivity contribution in [3.05, 3.63) is 83.4 Å². The Balaban J connectivity index is 2.27. The molecule has 0 aromatic carbocycles. The normalized spacial score (nSPS) is 14.3. The van der Waals surface area contributed by atoms with Gasteiger partial charge in [0.05, 0.1) is 19.3 Å². The van der Waals surface area contributed by atoms with E-state index in [9.17, 15) is 24.2 Å². The summed E-state index contributed by atoms with van der Waals surface area (Å²) < 4.78 is 39.0. The highest BCUT2D eigenvalue weighted by Crippen LogP contribution is 2.43. The smallest absolute Gasteiger partial charge is 0.466 e. The van der Waals surface area contributed by atoms with Gasteiger partial charge in [0.2, 0.25) is 0 Å². The third-order valence-electron chi connectivity index (χ3n) is 10.2. The van der Waals surface area contributed by atoms with Crippen LogP contribution in [-0.4, -0.2) is 60.5 Å². The van der Waals surface area contributed by atoms with Gasteiger partial charge in [0.1, 0.15) is 18.1 Å². The lowest BCUT2D eigenvalue weighted by atomic mass is 10.0. The first kappa shape index (κ1) is 56.0. The number of carbonyl (C=O) groups is 2. The molecule has 1 aromatic rings. The van der Waals surface area contributed by atoms with Gasteiger partial charge >= 0.3 is 19.8 Å². The number of hydrogen-bond donors (Lipinski definition) is 3. The minimum atomic E-state index is -4.42. The molecule has 0 bridgehead atoms. The zero-order chi connectivity index (χ0) is 44.8. The maximum absolute atomic E-state index is 12.6. The van der Waals surface area contributed by atoms with Crippen LogP contribution in [0.2, 0.25) is 0 Å². The first-order valence-corrected chi connectivity index (χ1v) is 24.7. The minimum Gasteiger partial charge on any atom is -0.466 e. The highest BCUT2D eigenvalue weighted by molar-refractivity contribution is 7.47. The highest BCUT2D eigenvalue weighted by atomic mass is 31.2. The zero-order valence-electron chi connectivity index (χ0n) is 38.2. The Labute approximate surface area is 368 Å². The summed E-state index contributed by atoms with van der Waals surface area (Å²) in [5.41, 5.74) is 8.03. The second-order valence-corrected chi connectivity index (χ2v) is 17.1. The van der Waals surface area contributed by atoms with Gasteiger partial charge in [-0.3, -0.25) is 18.6 Å². The van der Waals surface area contributed by atoms with Crippen LogP contribution in [0.5, 0.6) is 0 Å². The number of rotatable bonds is 39. The fourth-order valence-electron chi connectivity index (χ4n) is 6.46. The van der Waals surface area contributed by atoms with E-state index in [2.05, 4.69) is 32.9 Å². The molecule has 1 rings (SSSR count). The number of allylic oxidation sites excluding steroid dienone is 8. The van der Waals surface area contributed by atoms with Gasteiger partial charge in [0.25, 0.3) is 0 Å². The zero-order valence-corrected chi connectivity index (χ0v) is 39.1. The van der Waals surface area contributed by atoms with Crippen LogP contribution in [0.15, 0.2) is 65.2 Å². The Morgan fingerprint density at radius 2 is 1.28 bits per heavy atom. The van der Waals surface area contributed by atoms with Crippen molar-refractivity contribution in [3.63, 3.8) is 0 Å². The Bertz CT molecular complexity index is 1480. The average molecular weight is 876 g/mol. The van der Waals surface area contributed by atoms with Gasteiger partial charge in [0.15, 0.2) is 6.10 Å². The van der Waals surface area contributed by atoms with Crippen LogP contribution in [0.4, 0.5) is 0 Å². The summed E-state index contributed by atoms with van der Waals surface area (Å²) >= 11 is 0. The van der Waals surface area contributed by atoms with Crippen LogP contribution in [-0.2, 0) is 45.5 Å². The number of esters is 2. The van der Waals surface area contributed by atoms with Crippen LogP contribution in [0.1, 0.15) is 171 Å². The lowest BCUT2D eigenvalue weighted by Crippen LogP contribution is -2.29. The number of carbonyl (C=O) groups excluding carboxylic acids is 2. The summed E-state index contributed by atoms with van der Waals surface area (Å²) in [6.45, 7) is 7.74. The van der Waals surface area contributed by atoms with E-state index in [1.807, 2.05) is 55.5 Å². The molecule has 0 amide bonds. The summed E-state index contributed by atoms with van der Waals surface area (Å²) in [7, 11) is -4.42. The monoisotopic (exact) mass is 876 g/mol. The number of aryl methyl sites for hydroxylation is 2. The summed E-state index contributed by atoms with van der Waals surface area (Å²) in [5, 5.41) is 9.77. The number of aliphatic hydroxyl groups excluding tert-OH is 1. The summed E-state index contributed by atoms with van der Waals surface area (Å²) in [5.74, 6) is 1.42. The van der Waals surface area contributed by atoms with Crippen molar-refractivity contribution in [1.82, 2.24) is 0 Å². The second-order valence-electron chi connectivity index (χ2n) is 15.7. The third kappa shape index (κ3) is 31.4.